The molecule has 0 spiro atoms. The first kappa shape index (κ1) is 26.5. The van der Waals surface area contributed by atoms with Gasteiger partial charge in [0, 0.05) is 52.1 Å². The van der Waals surface area contributed by atoms with E-state index in [9.17, 15) is 4.79 Å². The molecule has 0 aliphatic carbocycles. The van der Waals surface area contributed by atoms with Gasteiger partial charge in [-0.05, 0) is 83.2 Å². The van der Waals surface area contributed by atoms with Gasteiger partial charge in [-0.3, -0.25) is 4.79 Å². The van der Waals surface area contributed by atoms with Crippen molar-refractivity contribution in [3.8, 4) is 5.75 Å². The van der Waals surface area contributed by atoms with Gasteiger partial charge < -0.3 is 19.4 Å². The zero-order valence-electron chi connectivity index (χ0n) is 23.4. The minimum absolute atomic E-state index is 0.0359. The Labute approximate surface area is 236 Å². The van der Waals surface area contributed by atoms with Gasteiger partial charge in [-0.2, -0.15) is 0 Å². The number of carbonyl (C=O) groups is 1. The van der Waals surface area contributed by atoms with E-state index >= 15 is 0 Å². The lowest BCUT2D eigenvalue weighted by Gasteiger charge is -2.54. The number of carbonyl (C=O) groups excluding carboxylic acids is 1. The van der Waals surface area contributed by atoms with E-state index < -0.39 is 0 Å². The SMILES string of the molecule is CC(C)=CCC[C@@]1(C)Oc2ccccc2[C@H]2O[C@H]3CCN(C(=O)Cc4c(C)[nH]c5ccc(Cl)cc45)C[C@@H]3C[C@@H]21. The molecule has 1 aromatic heterocycles. The van der Waals surface area contributed by atoms with E-state index in [-0.39, 0.29) is 29.6 Å². The molecule has 2 saturated heterocycles. The van der Waals surface area contributed by atoms with Crippen molar-refractivity contribution in [1.29, 1.82) is 0 Å². The Bertz CT molecular complexity index is 1420. The number of rotatable bonds is 5. The van der Waals surface area contributed by atoms with Crippen LogP contribution in [0.3, 0.4) is 0 Å². The van der Waals surface area contributed by atoms with Crippen LogP contribution in [0.2, 0.25) is 5.02 Å². The molecule has 0 unspecified atom stereocenters. The van der Waals surface area contributed by atoms with Crippen molar-refractivity contribution in [2.75, 3.05) is 13.1 Å². The lowest BCUT2D eigenvalue weighted by atomic mass is 9.68. The van der Waals surface area contributed by atoms with E-state index in [4.69, 9.17) is 21.1 Å². The summed E-state index contributed by atoms with van der Waals surface area (Å²) in [7, 11) is 0. The number of halogens is 1. The Balaban J connectivity index is 1.21. The molecule has 6 heteroatoms. The Morgan fingerprint density at radius 2 is 2.05 bits per heavy atom. The van der Waals surface area contributed by atoms with Crippen molar-refractivity contribution in [3.63, 3.8) is 0 Å². The molecule has 1 amide bonds. The molecule has 4 heterocycles. The van der Waals surface area contributed by atoms with Crippen molar-refractivity contribution >= 4 is 28.4 Å². The molecular weight excluding hydrogens is 508 g/mol. The van der Waals surface area contributed by atoms with Gasteiger partial charge in [0.1, 0.15) is 11.4 Å². The number of ether oxygens (including phenoxy) is 2. The molecule has 0 radical (unpaired) electrons. The number of aromatic nitrogens is 1. The lowest BCUT2D eigenvalue weighted by Crippen LogP contribution is -2.57. The number of likely N-dealkylation sites (tertiary alicyclic amines) is 1. The van der Waals surface area contributed by atoms with Crippen LogP contribution in [-0.2, 0) is 16.0 Å². The molecule has 2 fully saturated rings. The largest absolute Gasteiger partial charge is 0.487 e. The van der Waals surface area contributed by atoms with Crippen LogP contribution < -0.4 is 4.74 Å². The van der Waals surface area contributed by atoms with Crippen molar-refractivity contribution in [1.82, 2.24) is 9.88 Å². The zero-order valence-corrected chi connectivity index (χ0v) is 24.2. The molecule has 0 bridgehead atoms. The highest BCUT2D eigenvalue weighted by atomic mass is 35.5. The van der Waals surface area contributed by atoms with Crippen LogP contribution in [-0.4, -0.2) is 40.6 Å². The average Bonchev–Trinajstić information content (AvgIpc) is 3.21. The van der Waals surface area contributed by atoms with Crippen LogP contribution in [0, 0.1) is 18.8 Å². The van der Waals surface area contributed by atoms with Crippen LogP contribution >= 0.6 is 11.6 Å². The third kappa shape index (κ3) is 5.00. The number of hydrogen-bond donors (Lipinski definition) is 1. The molecule has 2 aromatic carbocycles. The second-order valence-electron chi connectivity index (χ2n) is 12.2. The number of aromatic amines is 1. The molecular formula is C33H39ClN2O3. The minimum atomic E-state index is -0.317. The third-order valence-corrected chi connectivity index (χ3v) is 9.45. The first-order valence-corrected chi connectivity index (χ1v) is 14.7. The normalized spacial score (nSPS) is 27.8. The van der Waals surface area contributed by atoms with Gasteiger partial charge in [-0.15, -0.1) is 0 Å². The monoisotopic (exact) mass is 546 g/mol. The summed E-state index contributed by atoms with van der Waals surface area (Å²) in [5.41, 5.74) is 5.29. The summed E-state index contributed by atoms with van der Waals surface area (Å²) in [6.07, 6.45) is 6.68. The molecule has 6 rings (SSSR count). The van der Waals surface area contributed by atoms with Gasteiger partial charge in [-0.25, -0.2) is 0 Å². The molecule has 3 aromatic rings. The van der Waals surface area contributed by atoms with Crippen molar-refractivity contribution in [2.24, 2.45) is 11.8 Å². The van der Waals surface area contributed by atoms with Crippen molar-refractivity contribution in [2.45, 2.75) is 77.6 Å². The highest BCUT2D eigenvalue weighted by Crippen LogP contribution is 2.54. The quantitative estimate of drug-likeness (QED) is 0.336. The van der Waals surface area contributed by atoms with Crippen LogP contribution in [0.4, 0.5) is 0 Å². The van der Waals surface area contributed by atoms with Crippen molar-refractivity contribution < 1.29 is 14.3 Å². The van der Waals surface area contributed by atoms with Crippen molar-refractivity contribution in [3.05, 3.63) is 76.0 Å². The number of nitrogens with one attached hydrogen (secondary N) is 1. The second kappa shape index (κ2) is 10.3. The average molecular weight is 547 g/mol. The van der Waals surface area contributed by atoms with Crippen LogP contribution in [0.25, 0.3) is 10.9 Å². The highest BCUT2D eigenvalue weighted by Gasteiger charge is 2.53. The number of piperidine rings is 1. The van der Waals surface area contributed by atoms with Gasteiger partial charge in [0.25, 0.3) is 0 Å². The van der Waals surface area contributed by atoms with Gasteiger partial charge in [0.2, 0.25) is 5.91 Å². The smallest absolute Gasteiger partial charge is 0.227 e. The predicted molar refractivity (Wildman–Crippen MR) is 156 cm³/mol. The molecule has 1 N–H and O–H groups in total. The molecule has 5 nitrogen and oxygen atoms in total. The molecule has 0 saturated carbocycles. The van der Waals surface area contributed by atoms with E-state index in [0.29, 0.717) is 17.4 Å². The number of amides is 1. The first-order valence-electron chi connectivity index (χ1n) is 14.3. The number of H-pyrrole nitrogens is 1. The fourth-order valence-corrected chi connectivity index (χ4v) is 7.27. The molecule has 39 heavy (non-hydrogen) atoms. The van der Waals surface area contributed by atoms with Gasteiger partial charge in [0.05, 0.1) is 18.6 Å². The van der Waals surface area contributed by atoms with E-state index in [1.807, 2.05) is 25.1 Å². The maximum Gasteiger partial charge on any atom is 0.227 e. The number of para-hydroxylation sites is 1. The van der Waals surface area contributed by atoms with Gasteiger partial charge >= 0.3 is 0 Å². The number of fused-ring (bicyclic) bond motifs is 5. The minimum Gasteiger partial charge on any atom is -0.487 e. The van der Waals surface area contributed by atoms with E-state index in [2.05, 4.69) is 61.0 Å². The Kier molecular flexibility index (Phi) is 7.01. The lowest BCUT2D eigenvalue weighted by molar-refractivity contribution is -0.193. The number of hydrogen-bond acceptors (Lipinski definition) is 3. The Morgan fingerprint density at radius 3 is 2.87 bits per heavy atom. The van der Waals surface area contributed by atoms with Crippen LogP contribution in [0.1, 0.15) is 69.4 Å². The number of allylic oxidation sites excluding steroid dienone is 2. The fraction of sp³-hybridized carbons (Fsp3) is 0.485. The molecule has 3 aliphatic heterocycles. The number of aryl methyl sites for hydroxylation is 1. The first-order chi connectivity index (χ1) is 18.7. The summed E-state index contributed by atoms with van der Waals surface area (Å²) < 4.78 is 13.7. The third-order valence-electron chi connectivity index (χ3n) is 9.22. The summed E-state index contributed by atoms with van der Waals surface area (Å²) in [4.78, 5) is 19.1. The van der Waals surface area contributed by atoms with E-state index in [0.717, 1.165) is 66.7 Å². The molecule has 3 aliphatic rings. The summed E-state index contributed by atoms with van der Waals surface area (Å²) in [5.74, 6) is 1.68. The van der Waals surface area contributed by atoms with E-state index in [1.165, 1.54) is 11.1 Å². The number of benzene rings is 2. The summed E-state index contributed by atoms with van der Waals surface area (Å²) in [6, 6.07) is 14.2. The van der Waals surface area contributed by atoms with Gasteiger partial charge in [0.15, 0.2) is 0 Å². The molecule has 206 valence electrons. The highest BCUT2D eigenvalue weighted by molar-refractivity contribution is 6.31. The van der Waals surface area contributed by atoms with Crippen LogP contribution in [0.15, 0.2) is 54.1 Å². The summed E-state index contributed by atoms with van der Waals surface area (Å²) in [6.45, 7) is 10.1. The Hall–Kier alpha value is -2.76. The summed E-state index contributed by atoms with van der Waals surface area (Å²) >= 11 is 6.28. The van der Waals surface area contributed by atoms with Crippen LogP contribution in [0.5, 0.6) is 5.75 Å². The Morgan fingerprint density at radius 1 is 1.23 bits per heavy atom. The summed E-state index contributed by atoms with van der Waals surface area (Å²) in [5, 5.41) is 1.73. The number of nitrogens with zero attached hydrogens (tertiary/aromatic N) is 1. The molecule has 5 atom stereocenters. The zero-order chi connectivity index (χ0) is 27.3. The maximum atomic E-state index is 13.6. The maximum absolute atomic E-state index is 13.6. The standard InChI is InChI=1S/C33H39ClN2O3/c1-20(2)8-7-14-33(4)27-16-22-19-36(15-13-29(22)38-32(27)24-9-5-6-10-30(24)39-33)31(37)18-25-21(3)35-28-12-11-23(34)17-26(25)28/h5-6,8-12,17,22,27,29,32,35H,7,13-16,18-19H2,1-4H3/t22-,27-,29-,32+,33+/m0/s1. The second-order valence-corrected chi connectivity index (χ2v) is 12.6. The predicted octanol–water partition coefficient (Wildman–Crippen LogP) is 7.56. The topological polar surface area (TPSA) is 54.6 Å². The van der Waals surface area contributed by atoms with Gasteiger partial charge in [-0.1, -0.05) is 41.4 Å². The van der Waals surface area contributed by atoms with E-state index in [1.54, 1.807) is 0 Å². The fourth-order valence-electron chi connectivity index (χ4n) is 7.10.